The van der Waals surface area contributed by atoms with Crippen LogP contribution in [0.5, 0.6) is 11.5 Å². The van der Waals surface area contributed by atoms with Crippen LogP contribution in [0.1, 0.15) is 44.7 Å². The summed E-state index contributed by atoms with van der Waals surface area (Å²) >= 11 is 1.22. The predicted molar refractivity (Wildman–Crippen MR) is 119 cm³/mol. The average molecular weight is 470 g/mol. The number of sulfonamides is 1. The first kappa shape index (κ1) is 24.6. The monoisotopic (exact) mass is 469 g/mol. The summed E-state index contributed by atoms with van der Waals surface area (Å²) in [5, 5.41) is 0. The van der Waals surface area contributed by atoms with Crippen molar-refractivity contribution in [3.05, 3.63) is 45.6 Å². The highest BCUT2D eigenvalue weighted by Gasteiger charge is 2.14. The van der Waals surface area contributed by atoms with Gasteiger partial charge in [0.25, 0.3) is 11.8 Å². The first-order valence-electron chi connectivity index (χ1n) is 9.68. The Morgan fingerprint density at radius 2 is 1.81 bits per heavy atom. The van der Waals surface area contributed by atoms with E-state index in [9.17, 15) is 18.0 Å². The van der Waals surface area contributed by atoms with Crippen LogP contribution in [0.25, 0.3) is 0 Å². The molecule has 1 heterocycles. The molecule has 1 aromatic heterocycles. The maximum Gasteiger partial charge on any atom is 0.279 e. The van der Waals surface area contributed by atoms with Gasteiger partial charge >= 0.3 is 0 Å². The van der Waals surface area contributed by atoms with Crippen LogP contribution in [0.15, 0.2) is 30.3 Å². The van der Waals surface area contributed by atoms with Gasteiger partial charge in [-0.05, 0) is 43.2 Å². The minimum atomic E-state index is -3.25. The van der Waals surface area contributed by atoms with Crippen LogP contribution in [0.3, 0.4) is 0 Å². The molecule has 9 nitrogen and oxygen atoms in total. The van der Waals surface area contributed by atoms with E-state index in [2.05, 4.69) is 22.5 Å². The van der Waals surface area contributed by atoms with E-state index in [0.29, 0.717) is 35.0 Å². The molecule has 3 N–H and O–H groups in total. The van der Waals surface area contributed by atoms with Crippen LogP contribution < -0.4 is 25.0 Å². The fourth-order valence-corrected chi connectivity index (χ4v) is 3.87. The molecule has 0 saturated heterocycles. The number of hydrazine groups is 1. The lowest BCUT2D eigenvalue weighted by Crippen LogP contribution is -2.41. The Hall–Kier alpha value is -2.63. The number of methoxy groups -OCH3 is 1. The molecule has 170 valence electrons. The molecule has 0 aliphatic heterocycles. The number of thiophene rings is 1. The number of hydrogen-bond donors (Lipinski definition) is 3. The highest BCUT2D eigenvalue weighted by Crippen LogP contribution is 2.28. The first-order valence-corrected chi connectivity index (χ1v) is 12.4. The SMILES string of the molecule is CCCCOc1ccc(C(=O)NNC(=O)c2ccc(CCNS(C)(=O)=O)s2)cc1OC. The van der Waals surface area contributed by atoms with E-state index in [1.165, 1.54) is 18.4 Å². The molecular weight excluding hydrogens is 442 g/mol. The van der Waals surface area contributed by atoms with Gasteiger partial charge < -0.3 is 9.47 Å². The number of carbonyl (C=O) groups excluding carboxylic acids is 2. The maximum atomic E-state index is 12.4. The highest BCUT2D eigenvalue weighted by atomic mass is 32.2. The largest absolute Gasteiger partial charge is 0.493 e. The quantitative estimate of drug-likeness (QED) is 0.342. The second-order valence-electron chi connectivity index (χ2n) is 6.66. The van der Waals surface area contributed by atoms with Crippen molar-refractivity contribution in [1.29, 1.82) is 0 Å². The lowest BCUT2D eigenvalue weighted by Gasteiger charge is -2.12. The number of hydrogen-bond acceptors (Lipinski definition) is 7. The number of ether oxygens (including phenoxy) is 2. The van der Waals surface area contributed by atoms with Crippen LogP contribution >= 0.6 is 11.3 Å². The van der Waals surface area contributed by atoms with Crippen LogP contribution in [0.2, 0.25) is 0 Å². The van der Waals surface area contributed by atoms with E-state index in [1.807, 2.05) is 0 Å². The molecule has 0 radical (unpaired) electrons. The molecule has 1 aromatic carbocycles. The van der Waals surface area contributed by atoms with Gasteiger partial charge in [0.05, 0.1) is 24.8 Å². The van der Waals surface area contributed by atoms with Gasteiger partial charge in [0.1, 0.15) is 0 Å². The van der Waals surface area contributed by atoms with Crippen LogP contribution in [-0.2, 0) is 16.4 Å². The van der Waals surface area contributed by atoms with Crippen molar-refractivity contribution >= 4 is 33.2 Å². The third-order valence-electron chi connectivity index (χ3n) is 4.09. The van der Waals surface area contributed by atoms with Crippen molar-refractivity contribution in [2.24, 2.45) is 0 Å². The Balaban J connectivity index is 1.89. The number of unbranched alkanes of at least 4 members (excludes halogenated alkanes) is 1. The molecule has 0 bridgehead atoms. The third-order valence-corrected chi connectivity index (χ3v) is 5.96. The third kappa shape index (κ3) is 8.19. The Bertz CT molecular complexity index is 1000. The van der Waals surface area contributed by atoms with Crippen molar-refractivity contribution in [3.8, 4) is 11.5 Å². The van der Waals surface area contributed by atoms with E-state index in [0.717, 1.165) is 24.0 Å². The fourth-order valence-electron chi connectivity index (χ4n) is 2.50. The van der Waals surface area contributed by atoms with Gasteiger partial charge in [-0.25, -0.2) is 13.1 Å². The van der Waals surface area contributed by atoms with Crippen molar-refractivity contribution in [1.82, 2.24) is 15.6 Å². The van der Waals surface area contributed by atoms with E-state index < -0.39 is 21.8 Å². The van der Waals surface area contributed by atoms with Crippen molar-refractivity contribution in [2.75, 3.05) is 26.5 Å². The average Bonchev–Trinajstić information content (AvgIpc) is 3.20. The zero-order valence-electron chi connectivity index (χ0n) is 17.7. The van der Waals surface area contributed by atoms with Gasteiger partial charge in [0, 0.05) is 17.0 Å². The van der Waals surface area contributed by atoms with Gasteiger partial charge in [0.2, 0.25) is 10.0 Å². The molecule has 0 fully saturated rings. The topological polar surface area (TPSA) is 123 Å². The molecule has 2 aromatic rings. The Labute approximate surface area is 186 Å². The zero-order valence-corrected chi connectivity index (χ0v) is 19.3. The van der Waals surface area contributed by atoms with Crippen molar-refractivity contribution < 1.29 is 27.5 Å². The standard InChI is InChI=1S/C20H27N3O6S2/c1-4-5-12-29-16-8-6-14(13-17(16)28-2)19(24)22-23-20(25)18-9-7-15(30-18)10-11-21-31(3,26)27/h6-9,13,21H,4-5,10-12H2,1-3H3,(H,22,24)(H,23,25). The summed E-state index contributed by atoms with van der Waals surface area (Å²) in [4.78, 5) is 25.9. The molecule has 0 atom stereocenters. The molecule has 0 spiro atoms. The van der Waals surface area contributed by atoms with E-state index in [4.69, 9.17) is 9.47 Å². The second kappa shape index (κ2) is 11.7. The Morgan fingerprint density at radius 1 is 1.06 bits per heavy atom. The molecule has 2 rings (SSSR count). The Kier molecular flexibility index (Phi) is 9.28. The molecule has 0 aliphatic carbocycles. The maximum absolute atomic E-state index is 12.4. The summed E-state index contributed by atoms with van der Waals surface area (Å²) in [7, 11) is -1.76. The van der Waals surface area contributed by atoms with Gasteiger partial charge in [-0.15, -0.1) is 11.3 Å². The number of carbonyl (C=O) groups is 2. The van der Waals surface area contributed by atoms with E-state index >= 15 is 0 Å². The summed E-state index contributed by atoms with van der Waals surface area (Å²) in [6.07, 6.45) is 3.47. The predicted octanol–water partition coefficient (Wildman–Crippen LogP) is 2.10. The lowest BCUT2D eigenvalue weighted by atomic mass is 10.2. The highest BCUT2D eigenvalue weighted by molar-refractivity contribution is 7.88. The second-order valence-corrected chi connectivity index (χ2v) is 9.66. The van der Waals surface area contributed by atoms with Crippen LogP contribution in [0.4, 0.5) is 0 Å². The molecule has 0 aliphatic rings. The van der Waals surface area contributed by atoms with Crippen molar-refractivity contribution in [3.63, 3.8) is 0 Å². The van der Waals surface area contributed by atoms with E-state index in [-0.39, 0.29) is 6.54 Å². The molecular formula is C20H27N3O6S2. The summed E-state index contributed by atoms with van der Waals surface area (Å²) in [6, 6.07) is 8.15. The summed E-state index contributed by atoms with van der Waals surface area (Å²) < 4.78 is 35.5. The number of amides is 2. The van der Waals surface area contributed by atoms with Gasteiger partial charge in [0.15, 0.2) is 11.5 Å². The van der Waals surface area contributed by atoms with Gasteiger partial charge in [-0.3, -0.25) is 20.4 Å². The smallest absolute Gasteiger partial charge is 0.279 e. The van der Waals surface area contributed by atoms with Crippen LogP contribution in [0, 0.1) is 0 Å². The number of rotatable bonds is 11. The summed E-state index contributed by atoms with van der Waals surface area (Å²) in [6.45, 7) is 2.87. The lowest BCUT2D eigenvalue weighted by molar-refractivity contribution is 0.0848. The molecule has 0 unspecified atom stereocenters. The molecule has 31 heavy (non-hydrogen) atoms. The van der Waals surface area contributed by atoms with E-state index in [1.54, 1.807) is 30.3 Å². The fraction of sp³-hybridized carbons (Fsp3) is 0.400. The minimum absolute atomic E-state index is 0.247. The normalized spacial score (nSPS) is 11.1. The minimum Gasteiger partial charge on any atom is -0.493 e. The molecule has 11 heteroatoms. The Morgan fingerprint density at radius 3 is 2.48 bits per heavy atom. The molecule has 2 amide bonds. The van der Waals surface area contributed by atoms with Gasteiger partial charge in [-0.1, -0.05) is 13.3 Å². The summed E-state index contributed by atoms with van der Waals surface area (Å²) in [5.41, 5.74) is 5.05. The first-order chi connectivity index (χ1) is 14.7. The van der Waals surface area contributed by atoms with Crippen LogP contribution in [-0.4, -0.2) is 46.7 Å². The number of nitrogens with one attached hydrogen (secondary N) is 3. The van der Waals surface area contributed by atoms with Gasteiger partial charge in [-0.2, -0.15) is 0 Å². The van der Waals surface area contributed by atoms with Crippen molar-refractivity contribution in [2.45, 2.75) is 26.2 Å². The molecule has 0 saturated carbocycles. The zero-order chi connectivity index (χ0) is 22.9. The number of benzene rings is 1. The summed E-state index contributed by atoms with van der Waals surface area (Å²) in [5.74, 6) is 0.0155.